The Bertz CT molecular complexity index is 2780. The standard InChI is InChI=1S/C78H147N9O39/c1-51(2)66(77(113)83-55(5-4-11-81-78(79)114)76(112)82-54-8-6-53(46-88)7-9-54)84-75(111)52(3)41-64(101)80-12-18-116-20-22-118-24-26-120-28-30-122-32-34-124-36-38-126-40-39-125-37-35-123-33-31-121-29-27-119-25-23-117-21-19-115-17-10-65(102)87(15-13-85(42-56(93)67(103)71(107)60(97)47-89)43-57(94)68(104)72(108)61(98)48-90)16-14-86(44-58(95)69(105)73(109)62(99)49-91)45-59(96)70(106)74(110)63(100)50-92/h6-9,51-52,55-63,66-74,88-100,103-110H,4-5,10-50H2,1-3H3,(H,80,101)(H,82,112)(H,83,113)(H,84,111)(H3,79,81,114)/t52-,55-,56-,57-,58-,59-,60+,61+,62+,63+,66-,67+,68+,69+,70+,71+,72+,73+,74+/m0/s1. The smallest absolute Gasteiger partial charge is 0.312 e. The van der Waals surface area contributed by atoms with Crippen LogP contribution in [-0.4, -0.2) is 518 Å². The van der Waals surface area contributed by atoms with Crippen LogP contribution < -0.4 is 32.3 Å². The minimum absolute atomic E-state index is 0.00979. The van der Waals surface area contributed by atoms with Crippen LogP contribution >= 0.6 is 0 Å². The topological polar surface area (TPSA) is 734 Å². The second kappa shape index (κ2) is 73.1. The molecule has 0 aromatic heterocycles. The third-order valence-electron chi connectivity index (χ3n) is 19.1. The number of rotatable bonds is 83. The van der Waals surface area contributed by atoms with E-state index in [9.17, 15) is 136 Å². The van der Waals surface area contributed by atoms with Crippen LogP contribution in [0.25, 0.3) is 0 Å². The van der Waals surface area contributed by atoms with Gasteiger partial charge >= 0.3 is 6.03 Å². The maximum Gasteiger partial charge on any atom is 0.312 e. The number of nitrogens with one attached hydrogen (secondary N) is 5. The number of urea groups is 1. The molecule has 0 fully saturated rings. The molecule has 0 saturated carbocycles. The van der Waals surface area contributed by atoms with Gasteiger partial charge in [-0.2, -0.15) is 0 Å². The van der Waals surface area contributed by atoms with Gasteiger partial charge in [-0.05, 0) is 36.5 Å². The molecular weight excluding hydrogens is 1690 g/mol. The molecule has 48 nitrogen and oxygen atoms in total. The van der Waals surface area contributed by atoms with E-state index in [1.54, 1.807) is 45.0 Å². The largest absolute Gasteiger partial charge is 0.394 e. The van der Waals surface area contributed by atoms with Crippen molar-refractivity contribution in [1.29, 1.82) is 0 Å². The van der Waals surface area contributed by atoms with E-state index in [0.29, 0.717) is 117 Å². The number of carbonyl (C=O) groups is 6. The van der Waals surface area contributed by atoms with Crippen molar-refractivity contribution >= 4 is 41.3 Å². The lowest BCUT2D eigenvalue weighted by atomic mass is 9.99. The van der Waals surface area contributed by atoms with Gasteiger partial charge in [-0.25, -0.2) is 4.79 Å². The molecule has 0 spiro atoms. The van der Waals surface area contributed by atoms with Gasteiger partial charge in [0, 0.05) is 83.5 Å². The fraction of sp³-hybridized carbons (Fsp3) is 0.846. The summed E-state index contributed by atoms with van der Waals surface area (Å²) >= 11 is 0. The monoisotopic (exact) mass is 1830 g/mol. The van der Waals surface area contributed by atoms with Crippen molar-refractivity contribution in [3.05, 3.63) is 29.8 Å². The number of aliphatic hydroxyl groups excluding tert-OH is 21. The number of benzene rings is 1. The van der Waals surface area contributed by atoms with E-state index in [1.807, 2.05) is 0 Å². The van der Waals surface area contributed by atoms with Gasteiger partial charge in [-0.15, -0.1) is 0 Å². The average Bonchev–Trinajstić information content (AvgIpc) is 0.857. The Labute approximate surface area is 733 Å². The molecule has 0 heterocycles. The summed E-state index contributed by atoms with van der Waals surface area (Å²) in [6, 6.07) is 3.65. The number of amides is 7. The Morgan fingerprint density at radius 1 is 0.365 bits per heavy atom. The second-order valence-electron chi connectivity index (χ2n) is 29.7. The lowest BCUT2D eigenvalue weighted by Gasteiger charge is -2.36. The van der Waals surface area contributed by atoms with Gasteiger partial charge in [0.05, 0.1) is 222 Å². The Hall–Kier alpha value is -5.56. The number of carbonyl (C=O) groups excluding carboxylic acids is 6. The molecule has 19 atom stereocenters. The van der Waals surface area contributed by atoms with Crippen molar-refractivity contribution < 1.29 is 193 Å². The predicted molar refractivity (Wildman–Crippen MR) is 442 cm³/mol. The Balaban J connectivity index is 2.36. The molecule has 28 N–H and O–H groups in total. The van der Waals surface area contributed by atoms with Crippen molar-refractivity contribution in [3.8, 4) is 0 Å². The van der Waals surface area contributed by atoms with Crippen molar-refractivity contribution in [2.75, 3.05) is 256 Å². The molecule has 0 bridgehead atoms. The maximum absolute atomic E-state index is 14.1. The van der Waals surface area contributed by atoms with Crippen molar-refractivity contribution in [2.45, 2.75) is 163 Å². The van der Waals surface area contributed by atoms with Gasteiger partial charge in [-0.1, -0.05) is 32.9 Å². The number of nitrogens with two attached hydrogens (primary N) is 1. The Morgan fingerprint density at radius 2 is 0.675 bits per heavy atom. The number of hydrogen-bond acceptors (Lipinski definition) is 41. The van der Waals surface area contributed by atoms with E-state index in [4.69, 9.17) is 62.6 Å². The van der Waals surface area contributed by atoms with Crippen LogP contribution in [0.15, 0.2) is 24.3 Å². The third-order valence-corrected chi connectivity index (χ3v) is 19.1. The van der Waals surface area contributed by atoms with Gasteiger partial charge in [0.2, 0.25) is 29.5 Å². The molecule has 48 heteroatoms. The molecule has 0 aliphatic heterocycles. The van der Waals surface area contributed by atoms with Crippen LogP contribution in [0.5, 0.6) is 0 Å². The van der Waals surface area contributed by atoms with E-state index in [1.165, 1.54) is 0 Å². The van der Waals surface area contributed by atoms with E-state index in [-0.39, 0.29) is 98.4 Å². The zero-order valence-corrected chi connectivity index (χ0v) is 72.4. The third kappa shape index (κ3) is 54.3. The zero-order valence-electron chi connectivity index (χ0n) is 72.4. The SMILES string of the molecule is CC(C)[C@H](NC(=O)[C@@H](C)CC(=O)NCCOCCOCCOCCOCCOCCOCCOCCOCCOCCOCCOCCOCCC(=O)N(CCN(C[C@H](O)[C@@H](O)[C@H](O)[C@H](O)CO)C[C@H](O)[C@@H](O)[C@H](O)[C@H](O)CO)CCN(C[C@H](O)[C@@H](O)[C@H](O)[C@H](O)CO)C[C@H](O)[C@@H](O)[C@H](O)[C@H](O)CO)C(=O)N[C@@H](CCCNC(N)=O)C(=O)Nc1ccc(CO)cc1. The average molecular weight is 1840 g/mol. The van der Waals surface area contributed by atoms with Gasteiger partial charge in [0.1, 0.15) is 85.3 Å². The molecule has 1 aromatic carbocycles. The molecule has 0 aliphatic carbocycles. The molecule has 738 valence electrons. The van der Waals surface area contributed by atoms with Crippen LogP contribution in [0.2, 0.25) is 0 Å². The first-order valence-corrected chi connectivity index (χ1v) is 42.1. The van der Waals surface area contributed by atoms with Crippen LogP contribution in [0.3, 0.4) is 0 Å². The molecule has 1 aromatic rings. The molecule has 1 rings (SSSR count). The molecule has 0 saturated heterocycles. The van der Waals surface area contributed by atoms with E-state index < -0.39 is 236 Å². The number of hydrogen-bond donors (Lipinski definition) is 27. The molecule has 0 unspecified atom stereocenters. The Morgan fingerprint density at radius 3 is 0.976 bits per heavy atom. The first-order valence-electron chi connectivity index (χ1n) is 42.1. The summed E-state index contributed by atoms with van der Waals surface area (Å²) in [7, 11) is 0. The minimum atomic E-state index is -2.15. The number of aliphatic hydroxyl groups is 21. The normalized spacial score (nSPS) is 16.6. The highest BCUT2D eigenvalue weighted by atomic mass is 16.6. The van der Waals surface area contributed by atoms with Crippen LogP contribution in [0.4, 0.5) is 10.5 Å². The minimum Gasteiger partial charge on any atom is -0.394 e. The summed E-state index contributed by atoms with van der Waals surface area (Å²) in [6.45, 7) is 2.81. The number of anilines is 1. The molecule has 0 radical (unpaired) electrons. The van der Waals surface area contributed by atoms with Crippen molar-refractivity contribution in [3.63, 3.8) is 0 Å². The highest BCUT2D eigenvalue weighted by Crippen LogP contribution is 2.18. The van der Waals surface area contributed by atoms with E-state index in [2.05, 4.69) is 26.6 Å². The quantitative estimate of drug-likeness (QED) is 0.0269. The molecule has 7 amide bonds. The van der Waals surface area contributed by atoms with E-state index in [0.717, 1.165) is 14.7 Å². The van der Waals surface area contributed by atoms with Gasteiger partial charge < -0.3 is 201 Å². The summed E-state index contributed by atoms with van der Waals surface area (Å²) in [5, 5.41) is 227. The molecular formula is C78H147N9O39. The zero-order chi connectivity index (χ0) is 94.2. The Kier molecular flexibility index (Phi) is 68.7. The number of primary amides is 1. The van der Waals surface area contributed by atoms with Crippen LogP contribution in [0.1, 0.15) is 52.0 Å². The summed E-state index contributed by atoms with van der Waals surface area (Å²) < 4.78 is 66.4. The lowest BCUT2D eigenvalue weighted by molar-refractivity contribution is -0.137. The molecule has 0 aliphatic rings. The highest BCUT2D eigenvalue weighted by Gasteiger charge is 2.38. The van der Waals surface area contributed by atoms with Crippen LogP contribution in [0, 0.1) is 11.8 Å². The van der Waals surface area contributed by atoms with Crippen LogP contribution in [-0.2, 0) is 87.4 Å². The van der Waals surface area contributed by atoms with Crippen molar-refractivity contribution in [2.24, 2.45) is 17.6 Å². The summed E-state index contributed by atoms with van der Waals surface area (Å²) in [5.74, 6) is -3.96. The number of nitrogens with zero attached hydrogens (tertiary/aromatic N) is 3. The second-order valence-corrected chi connectivity index (χ2v) is 29.7. The highest BCUT2D eigenvalue weighted by molar-refractivity contribution is 5.98. The fourth-order valence-corrected chi connectivity index (χ4v) is 11.5. The maximum atomic E-state index is 14.1. The first-order chi connectivity index (χ1) is 60.2. The van der Waals surface area contributed by atoms with Crippen molar-refractivity contribution in [1.82, 2.24) is 36.0 Å². The summed E-state index contributed by atoms with van der Waals surface area (Å²) in [5.41, 5.74) is 6.23. The molecule has 126 heavy (non-hydrogen) atoms. The lowest BCUT2D eigenvalue weighted by Crippen LogP contribution is -2.55. The van der Waals surface area contributed by atoms with Gasteiger partial charge in [0.15, 0.2) is 0 Å². The van der Waals surface area contributed by atoms with Gasteiger partial charge in [-0.3, -0.25) is 33.8 Å². The fourth-order valence-electron chi connectivity index (χ4n) is 11.5. The number of ether oxygens (including phenoxy) is 12. The predicted octanol–water partition coefficient (Wildman–Crippen LogP) is -12.9. The van der Waals surface area contributed by atoms with Gasteiger partial charge in [0.25, 0.3) is 0 Å². The summed E-state index contributed by atoms with van der Waals surface area (Å²) in [4.78, 5) is 81.3. The van der Waals surface area contributed by atoms with E-state index >= 15 is 0 Å². The first kappa shape index (κ1) is 118. The summed E-state index contributed by atoms with van der Waals surface area (Å²) in [6.07, 6.45) is -32.9.